The van der Waals surface area contributed by atoms with E-state index in [2.05, 4.69) is 66.5 Å². The second-order valence-corrected chi connectivity index (χ2v) is 8.55. The second-order valence-electron chi connectivity index (χ2n) is 8.55. The van der Waals surface area contributed by atoms with Crippen LogP contribution in [0.25, 0.3) is 0 Å². The first kappa shape index (κ1) is 20.5. The van der Waals surface area contributed by atoms with Crippen molar-refractivity contribution >= 4 is 11.6 Å². The van der Waals surface area contributed by atoms with Gasteiger partial charge in [0, 0.05) is 17.7 Å². The van der Waals surface area contributed by atoms with Crippen LogP contribution in [0.5, 0.6) is 11.5 Å². The van der Waals surface area contributed by atoms with E-state index in [1.165, 1.54) is 16.2 Å². The predicted octanol–water partition coefficient (Wildman–Crippen LogP) is 2.02. The molecule has 1 atom stereocenters. The van der Waals surface area contributed by atoms with Gasteiger partial charge in [-0.1, -0.05) is 32.0 Å². The first-order valence-electron chi connectivity index (χ1n) is 10.9. The fourth-order valence-electron chi connectivity index (χ4n) is 4.33. The van der Waals surface area contributed by atoms with Gasteiger partial charge in [-0.3, -0.25) is 4.79 Å². The molecule has 0 aromatic heterocycles. The second kappa shape index (κ2) is 9.39. The van der Waals surface area contributed by atoms with E-state index in [0.717, 1.165) is 37.7 Å². The summed E-state index contributed by atoms with van der Waals surface area (Å²) in [5.41, 5.74) is 2.47. The summed E-state index contributed by atoms with van der Waals surface area (Å²) >= 11 is 0. The van der Waals surface area contributed by atoms with Gasteiger partial charge in [0.1, 0.15) is 6.04 Å². The van der Waals surface area contributed by atoms with Crippen molar-refractivity contribution in [2.45, 2.75) is 26.3 Å². The molecule has 6 heteroatoms. The molecule has 2 aliphatic heterocycles. The summed E-state index contributed by atoms with van der Waals surface area (Å²) in [6.07, 6.45) is 0.560. The first-order chi connectivity index (χ1) is 14.6. The summed E-state index contributed by atoms with van der Waals surface area (Å²) in [6, 6.07) is 17.0. The number of para-hydroxylation sites is 1. The van der Waals surface area contributed by atoms with Crippen LogP contribution < -0.4 is 24.6 Å². The Hall–Kier alpha value is -2.73. The number of fused-ring (bicyclic) bond motifs is 1. The maximum Gasteiger partial charge on any atom is 0.231 e. The fraction of sp³-hybridized carbons (Fsp3) is 0.458. The highest BCUT2D eigenvalue weighted by Gasteiger charge is 2.30. The van der Waals surface area contributed by atoms with Gasteiger partial charge in [0.05, 0.1) is 32.7 Å². The molecule has 30 heavy (non-hydrogen) atoms. The van der Waals surface area contributed by atoms with Crippen molar-refractivity contribution in [1.82, 2.24) is 5.32 Å². The summed E-state index contributed by atoms with van der Waals surface area (Å²) in [4.78, 5) is 16.3. The van der Waals surface area contributed by atoms with Gasteiger partial charge in [0.2, 0.25) is 12.7 Å². The van der Waals surface area contributed by atoms with E-state index in [4.69, 9.17) is 9.47 Å². The van der Waals surface area contributed by atoms with Crippen molar-refractivity contribution in [2.75, 3.05) is 44.4 Å². The van der Waals surface area contributed by atoms with Crippen molar-refractivity contribution in [3.8, 4) is 11.5 Å². The van der Waals surface area contributed by atoms with Crippen LogP contribution in [0.15, 0.2) is 48.5 Å². The molecule has 6 nitrogen and oxygen atoms in total. The van der Waals surface area contributed by atoms with Crippen LogP contribution in [0.3, 0.4) is 0 Å². The lowest BCUT2D eigenvalue weighted by molar-refractivity contribution is -0.931. The summed E-state index contributed by atoms with van der Waals surface area (Å²) in [5.74, 6) is 2.08. The molecule has 0 bridgehead atoms. The number of hydrogen-bond acceptors (Lipinski definition) is 4. The Bertz CT molecular complexity index is 848. The molecule has 160 valence electrons. The summed E-state index contributed by atoms with van der Waals surface area (Å²) in [6.45, 7) is 9.09. The van der Waals surface area contributed by atoms with Crippen molar-refractivity contribution in [1.29, 1.82) is 0 Å². The van der Waals surface area contributed by atoms with Crippen LogP contribution in [-0.2, 0) is 4.79 Å². The number of benzene rings is 2. The molecule has 0 radical (unpaired) electrons. The number of anilines is 1. The third-order valence-corrected chi connectivity index (χ3v) is 5.92. The molecule has 1 saturated heterocycles. The number of carbonyl (C=O) groups excluding carboxylic acids is 1. The van der Waals surface area contributed by atoms with Crippen LogP contribution in [-0.4, -0.2) is 45.4 Å². The average Bonchev–Trinajstić information content (AvgIpc) is 3.22. The maximum absolute atomic E-state index is 12.3. The normalized spacial score (nSPS) is 17.2. The van der Waals surface area contributed by atoms with Gasteiger partial charge < -0.3 is 24.6 Å². The minimum absolute atomic E-state index is 0.123. The predicted molar refractivity (Wildman–Crippen MR) is 117 cm³/mol. The molecular weight excluding hydrogens is 378 g/mol. The summed E-state index contributed by atoms with van der Waals surface area (Å²) < 4.78 is 11.1. The van der Waals surface area contributed by atoms with Gasteiger partial charge in [-0.25, -0.2) is 0 Å². The number of nitrogens with one attached hydrogen (secondary N) is 2. The molecule has 2 heterocycles. The van der Waals surface area contributed by atoms with E-state index in [1.807, 2.05) is 6.07 Å². The molecular formula is C24H32N3O3+. The zero-order valence-corrected chi connectivity index (χ0v) is 17.9. The smallest absolute Gasteiger partial charge is 0.231 e. The van der Waals surface area contributed by atoms with E-state index >= 15 is 0 Å². The number of ether oxygens (including phenoxy) is 2. The Morgan fingerprint density at radius 3 is 2.53 bits per heavy atom. The molecule has 1 amide bonds. The largest absolute Gasteiger partial charge is 0.454 e. The van der Waals surface area contributed by atoms with Crippen LogP contribution >= 0.6 is 0 Å². The Kier molecular flexibility index (Phi) is 6.43. The third-order valence-electron chi connectivity index (χ3n) is 5.92. The zero-order valence-electron chi connectivity index (χ0n) is 17.9. The fourth-order valence-corrected chi connectivity index (χ4v) is 4.33. The van der Waals surface area contributed by atoms with E-state index < -0.39 is 0 Å². The Labute approximate surface area is 178 Å². The van der Waals surface area contributed by atoms with E-state index in [1.54, 1.807) is 0 Å². The Morgan fingerprint density at radius 2 is 1.80 bits per heavy atom. The van der Waals surface area contributed by atoms with E-state index in [0.29, 0.717) is 18.9 Å². The maximum atomic E-state index is 12.3. The molecule has 2 aromatic carbocycles. The van der Waals surface area contributed by atoms with Gasteiger partial charge in [0.15, 0.2) is 11.5 Å². The van der Waals surface area contributed by atoms with Crippen molar-refractivity contribution < 1.29 is 19.2 Å². The molecule has 0 saturated carbocycles. The van der Waals surface area contributed by atoms with Crippen molar-refractivity contribution in [3.63, 3.8) is 0 Å². The monoisotopic (exact) mass is 410 g/mol. The number of quaternary nitrogens is 1. The number of nitrogens with zero attached hydrogens (tertiary/aromatic N) is 1. The van der Waals surface area contributed by atoms with Crippen molar-refractivity contribution in [2.24, 2.45) is 5.92 Å². The zero-order chi connectivity index (χ0) is 20.9. The summed E-state index contributed by atoms with van der Waals surface area (Å²) in [7, 11) is 0. The van der Waals surface area contributed by atoms with Gasteiger partial charge in [-0.05, 0) is 36.2 Å². The highest BCUT2D eigenvalue weighted by molar-refractivity contribution is 5.76. The Morgan fingerprint density at radius 1 is 1.07 bits per heavy atom. The van der Waals surface area contributed by atoms with Gasteiger partial charge >= 0.3 is 0 Å². The average molecular weight is 411 g/mol. The number of rotatable bonds is 7. The van der Waals surface area contributed by atoms with Crippen LogP contribution in [0, 0.1) is 5.92 Å². The summed E-state index contributed by atoms with van der Waals surface area (Å²) in [5, 5.41) is 3.18. The quantitative estimate of drug-likeness (QED) is 0.733. The highest BCUT2D eigenvalue weighted by Crippen LogP contribution is 2.33. The van der Waals surface area contributed by atoms with E-state index in [9.17, 15) is 4.79 Å². The number of piperazine rings is 1. The number of amides is 1. The van der Waals surface area contributed by atoms with Crippen LogP contribution in [0.1, 0.15) is 31.9 Å². The Balaban J connectivity index is 1.47. The first-order valence-corrected chi connectivity index (χ1v) is 10.9. The minimum Gasteiger partial charge on any atom is -0.454 e. The van der Waals surface area contributed by atoms with Crippen LogP contribution in [0.4, 0.5) is 5.69 Å². The van der Waals surface area contributed by atoms with Gasteiger partial charge in [-0.15, -0.1) is 0 Å². The van der Waals surface area contributed by atoms with Gasteiger partial charge in [-0.2, -0.15) is 0 Å². The molecule has 2 aromatic rings. The molecule has 1 fully saturated rings. The molecule has 4 rings (SSSR count). The van der Waals surface area contributed by atoms with E-state index in [-0.39, 0.29) is 18.7 Å². The highest BCUT2D eigenvalue weighted by atomic mass is 16.7. The topological polar surface area (TPSA) is 55.2 Å². The number of hydrogen-bond donors (Lipinski definition) is 2. The molecule has 0 spiro atoms. The lowest BCUT2D eigenvalue weighted by atomic mass is 10.0. The van der Waals surface area contributed by atoms with Crippen molar-refractivity contribution in [3.05, 3.63) is 54.1 Å². The minimum atomic E-state index is 0.123. The standard InChI is InChI=1S/C24H31N3O3/c1-18(2)14-24(28)25-16-21(19-8-9-22-23(15-19)30-17-29-22)27-12-10-26(11-13-27)20-6-4-3-5-7-20/h3-9,15,18,21H,10-14,16-17H2,1-2H3,(H,25,28)/p+1/t21-/m0/s1. The SMILES string of the molecule is CC(C)CC(=O)NC[C@@H](c1ccc2c(c1)OCO2)[NH+]1CCN(c2ccccc2)CC1. The molecule has 0 aliphatic carbocycles. The molecule has 2 N–H and O–H groups in total. The van der Waals surface area contributed by atoms with Crippen LogP contribution in [0.2, 0.25) is 0 Å². The molecule has 0 unspecified atom stereocenters. The lowest BCUT2D eigenvalue weighted by Crippen LogP contribution is -3.15. The molecule has 2 aliphatic rings. The lowest BCUT2D eigenvalue weighted by Gasteiger charge is -2.38. The third kappa shape index (κ3) is 4.87. The number of carbonyl (C=O) groups is 1. The van der Waals surface area contributed by atoms with Gasteiger partial charge in [0.25, 0.3) is 0 Å².